The number of carbonyl (C=O) groups is 1. The van der Waals surface area contributed by atoms with Gasteiger partial charge in [-0.2, -0.15) is 0 Å². The molecule has 0 saturated heterocycles. The Kier molecular flexibility index (Phi) is 3.29. The van der Waals surface area contributed by atoms with E-state index in [-0.39, 0.29) is 5.91 Å². The Labute approximate surface area is 112 Å². The van der Waals surface area contributed by atoms with Crippen LogP contribution in [-0.2, 0) is 0 Å². The number of benzene rings is 1. The molecule has 0 aliphatic carbocycles. The third-order valence-corrected chi connectivity index (χ3v) is 3.19. The first-order chi connectivity index (χ1) is 8.91. The number of aromatic nitrogens is 2. The monoisotopic (exact) mass is 258 g/mol. The predicted molar refractivity (Wildman–Crippen MR) is 75.5 cm³/mol. The lowest BCUT2D eigenvalue weighted by molar-refractivity contribution is 0.0827. The number of hydrogen-bond acceptors (Lipinski definition) is 3. The van der Waals surface area contributed by atoms with Gasteiger partial charge in [-0.3, -0.25) is 4.79 Å². The molecule has 5 heteroatoms. The molecule has 0 aliphatic heterocycles. The first kappa shape index (κ1) is 13.1. The molecule has 0 aliphatic rings. The highest BCUT2D eigenvalue weighted by molar-refractivity contribution is 5.95. The fourth-order valence-corrected chi connectivity index (χ4v) is 1.91. The number of imidazole rings is 1. The minimum Gasteiger partial charge on any atom is -0.397 e. The van der Waals surface area contributed by atoms with Gasteiger partial charge in [-0.1, -0.05) is 0 Å². The molecule has 0 unspecified atom stereocenters. The van der Waals surface area contributed by atoms with Crippen molar-refractivity contribution in [3.8, 4) is 5.69 Å². The summed E-state index contributed by atoms with van der Waals surface area (Å²) in [6.45, 7) is 3.94. The van der Waals surface area contributed by atoms with Crippen molar-refractivity contribution in [2.24, 2.45) is 0 Å². The van der Waals surface area contributed by atoms with E-state index in [1.54, 1.807) is 32.6 Å². The van der Waals surface area contributed by atoms with E-state index in [4.69, 9.17) is 5.73 Å². The van der Waals surface area contributed by atoms with Crippen molar-refractivity contribution in [2.75, 3.05) is 19.8 Å². The normalized spacial score (nSPS) is 10.5. The minimum atomic E-state index is -0.0585. The molecule has 0 radical (unpaired) electrons. The highest BCUT2D eigenvalue weighted by Gasteiger charge is 2.12. The zero-order valence-electron chi connectivity index (χ0n) is 11.6. The van der Waals surface area contributed by atoms with Gasteiger partial charge in [-0.25, -0.2) is 4.98 Å². The summed E-state index contributed by atoms with van der Waals surface area (Å²) < 4.78 is 1.93. The van der Waals surface area contributed by atoms with E-state index in [2.05, 4.69) is 4.98 Å². The van der Waals surface area contributed by atoms with Crippen LogP contribution in [0.2, 0.25) is 0 Å². The molecule has 1 heterocycles. The molecule has 0 saturated carbocycles. The topological polar surface area (TPSA) is 64.2 Å². The fourth-order valence-electron chi connectivity index (χ4n) is 1.91. The zero-order valence-corrected chi connectivity index (χ0v) is 11.6. The number of nitrogens with zero attached hydrogens (tertiary/aromatic N) is 3. The van der Waals surface area contributed by atoms with Gasteiger partial charge in [-0.15, -0.1) is 0 Å². The summed E-state index contributed by atoms with van der Waals surface area (Å²) in [5.41, 5.74) is 10.0. The van der Waals surface area contributed by atoms with E-state index in [0.717, 1.165) is 17.1 Å². The summed E-state index contributed by atoms with van der Waals surface area (Å²) in [6, 6.07) is 5.33. The van der Waals surface area contributed by atoms with Gasteiger partial charge in [0.1, 0.15) is 0 Å². The molecule has 2 aromatic rings. The van der Waals surface area contributed by atoms with Gasteiger partial charge < -0.3 is 15.2 Å². The number of aryl methyl sites for hydroxylation is 1. The molecular weight excluding hydrogens is 240 g/mol. The van der Waals surface area contributed by atoms with Gasteiger partial charge in [0.05, 0.1) is 23.4 Å². The lowest BCUT2D eigenvalue weighted by atomic mass is 10.1. The van der Waals surface area contributed by atoms with Crippen LogP contribution in [0, 0.1) is 13.8 Å². The molecule has 0 atom stereocenters. The second-order valence-electron chi connectivity index (χ2n) is 4.76. The third kappa shape index (κ3) is 2.31. The Morgan fingerprint density at radius 2 is 2.00 bits per heavy atom. The van der Waals surface area contributed by atoms with Crippen molar-refractivity contribution >= 4 is 11.6 Å². The SMILES string of the molecule is Cc1ncn(-c2ccc(C(=O)N(C)C)cc2N)c1C. The average molecular weight is 258 g/mol. The maximum atomic E-state index is 11.9. The van der Waals surface area contributed by atoms with Crippen LogP contribution >= 0.6 is 0 Å². The van der Waals surface area contributed by atoms with Crippen LogP contribution in [0.4, 0.5) is 5.69 Å². The van der Waals surface area contributed by atoms with Gasteiger partial charge in [0.15, 0.2) is 0 Å². The molecule has 2 rings (SSSR count). The summed E-state index contributed by atoms with van der Waals surface area (Å²) >= 11 is 0. The molecule has 100 valence electrons. The Morgan fingerprint density at radius 1 is 1.32 bits per heavy atom. The lowest BCUT2D eigenvalue weighted by Crippen LogP contribution is -2.21. The molecule has 19 heavy (non-hydrogen) atoms. The summed E-state index contributed by atoms with van der Waals surface area (Å²) in [5.74, 6) is -0.0585. The number of amides is 1. The van der Waals surface area contributed by atoms with E-state index in [1.807, 2.05) is 24.5 Å². The molecule has 1 aromatic carbocycles. The molecular formula is C14H18N4O. The van der Waals surface area contributed by atoms with E-state index in [9.17, 15) is 4.79 Å². The minimum absolute atomic E-state index is 0.0585. The number of carbonyl (C=O) groups excluding carboxylic acids is 1. The van der Waals surface area contributed by atoms with Crippen molar-refractivity contribution in [1.82, 2.24) is 14.5 Å². The maximum Gasteiger partial charge on any atom is 0.253 e. The van der Waals surface area contributed by atoms with Crippen LogP contribution in [0.15, 0.2) is 24.5 Å². The summed E-state index contributed by atoms with van der Waals surface area (Å²) in [5, 5.41) is 0. The predicted octanol–water partition coefficient (Wildman–Crippen LogP) is 1.77. The van der Waals surface area contributed by atoms with Gasteiger partial charge in [0.25, 0.3) is 5.91 Å². The molecule has 5 nitrogen and oxygen atoms in total. The summed E-state index contributed by atoms with van der Waals surface area (Å²) in [7, 11) is 3.44. The van der Waals surface area contributed by atoms with Crippen LogP contribution in [0.1, 0.15) is 21.7 Å². The van der Waals surface area contributed by atoms with Crippen molar-refractivity contribution in [2.45, 2.75) is 13.8 Å². The Morgan fingerprint density at radius 3 is 2.47 bits per heavy atom. The quantitative estimate of drug-likeness (QED) is 0.835. The van der Waals surface area contributed by atoms with E-state index in [1.165, 1.54) is 4.90 Å². The lowest BCUT2D eigenvalue weighted by Gasteiger charge is -2.13. The Hall–Kier alpha value is -2.30. The van der Waals surface area contributed by atoms with Crippen molar-refractivity contribution in [3.63, 3.8) is 0 Å². The van der Waals surface area contributed by atoms with E-state index in [0.29, 0.717) is 11.3 Å². The van der Waals surface area contributed by atoms with Crippen LogP contribution in [0.5, 0.6) is 0 Å². The smallest absolute Gasteiger partial charge is 0.253 e. The van der Waals surface area contributed by atoms with Crippen LogP contribution in [-0.4, -0.2) is 34.5 Å². The van der Waals surface area contributed by atoms with Crippen molar-refractivity contribution < 1.29 is 4.79 Å². The molecule has 0 fully saturated rings. The Bertz CT molecular complexity index is 628. The second-order valence-corrected chi connectivity index (χ2v) is 4.76. The van der Waals surface area contributed by atoms with Gasteiger partial charge in [0, 0.05) is 25.4 Å². The fraction of sp³-hybridized carbons (Fsp3) is 0.286. The highest BCUT2D eigenvalue weighted by Crippen LogP contribution is 2.22. The maximum absolute atomic E-state index is 11.9. The largest absolute Gasteiger partial charge is 0.397 e. The van der Waals surface area contributed by atoms with Gasteiger partial charge >= 0.3 is 0 Å². The van der Waals surface area contributed by atoms with E-state index < -0.39 is 0 Å². The molecule has 1 amide bonds. The first-order valence-corrected chi connectivity index (χ1v) is 6.04. The van der Waals surface area contributed by atoms with Crippen molar-refractivity contribution in [3.05, 3.63) is 41.5 Å². The number of nitrogen functional groups attached to an aromatic ring is 1. The van der Waals surface area contributed by atoms with E-state index >= 15 is 0 Å². The highest BCUT2D eigenvalue weighted by atomic mass is 16.2. The van der Waals surface area contributed by atoms with Crippen LogP contribution < -0.4 is 5.73 Å². The standard InChI is InChI=1S/C14H18N4O/c1-9-10(2)18(8-16-9)13-6-5-11(7-12(13)15)14(19)17(3)4/h5-8H,15H2,1-4H3. The van der Waals surface area contributed by atoms with Gasteiger partial charge in [0.2, 0.25) is 0 Å². The summed E-state index contributed by atoms with van der Waals surface area (Å²) in [4.78, 5) is 17.6. The average Bonchev–Trinajstić information content (AvgIpc) is 2.69. The van der Waals surface area contributed by atoms with Gasteiger partial charge in [-0.05, 0) is 32.0 Å². The first-order valence-electron chi connectivity index (χ1n) is 6.04. The van der Waals surface area contributed by atoms with Crippen LogP contribution in [0.3, 0.4) is 0 Å². The molecule has 0 spiro atoms. The van der Waals surface area contributed by atoms with Crippen LogP contribution in [0.25, 0.3) is 5.69 Å². The third-order valence-electron chi connectivity index (χ3n) is 3.19. The molecule has 1 aromatic heterocycles. The number of hydrogen-bond donors (Lipinski definition) is 1. The second kappa shape index (κ2) is 4.76. The zero-order chi connectivity index (χ0) is 14.2. The number of nitrogens with two attached hydrogens (primary N) is 1. The molecule has 0 bridgehead atoms. The van der Waals surface area contributed by atoms with Crippen molar-refractivity contribution in [1.29, 1.82) is 0 Å². The Balaban J connectivity index is 2.46. The summed E-state index contributed by atoms with van der Waals surface area (Å²) in [6.07, 6.45) is 1.74. The number of rotatable bonds is 2. The number of anilines is 1. The molecule has 2 N–H and O–H groups in total.